The van der Waals surface area contributed by atoms with Crippen LogP contribution in [0, 0.1) is 5.41 Å². The molecule has 0 aliphatic carbocycles. The van der Waals surface area contributed by atoms with E-state index in [4.69, 9.17) is 0 Å². The van der Waals surface area contributed by atoms with E-state index in [1.165, 1.54) is 6.33 Å². The maximum absolute atomic E-state index is 11.7. The Bertz CT molecular complexity index is 556. The molecule has 2 heterocycles. The fraction of sp³-hybridized carbons (Fsp3) is 0.455. The van der Waals surface area contributed by atoms with Crippen molar-refractivity contribution >= 4 is 22.9 Å². The lowest BCUT2D eigenvalue weighted by Gasteiger charge is -2.18. The first-order valence-corrected chi connectivity index (χ1v) is 5.65. The van der Waals surface area contributed by atoms with Crippen LogP contribution in [-0.2, 0) is 0 Å². The molecular formula is C11H16N6O. The van der Waals surface area contributed by atoms with E-state index in [1.54, 1.807) is 6.20 Å². The zero-order valence-corrected chi connectivity index (χ0v) is 10.6. The van der Waals surface area contributed by atoms with Crippen molar-refractivity contribution in [3.8, 4) is 0 Å². The van der Waals surface area contributed by atoms with E-state index in [0.29, 0.717) is 23.4 Å². The smallest absolute Gasteiger partial charge is 0.320 e. The maximum Gasteiger partial charge on any atom is 0.320 e. The molecule has 96 valence electrons. The third-order valence-electron chi connectivity index (χ3n) is 2.26. The number of urea groups is 1. The molecule has 0 fully saturated rings. The highest BCUT2D eigenvalue weighted by molar-refractivity contribution is 5.97. The van der Waals surface area contributed by atoms with Crippen LogP contribution >= 0.6 is 0 Å². The first-order chi connectivity index (χ1) is 8.46. The summed E-state index contributed by atoms with van der Waals surface area (Å²) in [5.41, 5.74) is 0.629. The summed E-state index contributed by atoms with van der Waals surface area (Å²) in [5.74, 6) is 0.445. The second-order valence-corrected chi connectivity index (χ2v) is 5.22. The highest BCUT2D eigenvalue weighted by Crippen LogP contribution is 2.16. The molecule has 2 amide bonds. The van der Waals surface area contributed by atoms with Crippen molar-refractivity contribution < 1.29 is 4.79 Å². The Hall–Kier alpha value is -2.18. The number of carbonyl (C=O) groups excluding carboxylic acids is 1. The number of hydrogen-bond acceptors (Lipinski definition) is 4. The predicted molar refractivity (Wildman–Crippen MR) is 68.2 cm³/mol. The Morgan fingerprint density at radius 2 is 2.17 bits per heavy atom. The fourth-order valence-electron chi connectivity index (χ4n) is 1.36. The van der Waals surface area contributed by atoms with Gasteiger partial charge in [0.05, 0.1) is 11.6 Å². The van der Waals surface area contributed by atoms with Crippen LogP contribution in [0.5, 0.6) is 0 Å². The molecule has 7 heteroatoms. The summed E-state index contributed by atoms with van der Waals surface area (Å²) in [6.07, 6.45) is 2.95. The van der Waals surface area contributed by atoms with E-state index in [0.717, 1.165) is 0 Å². The molecule has 2 aromatic heterocycles. The van der Waals surface area contributed by atoms with Crippen molar-refractivity contribution in [1.29, 1.82) is 0 Å². The standard InChI is InChI=1S/C11H16N6O/c1-11(2,3)5-12-10(18)16-8-7-4-15-17-9(7)14-6-13-8/h4,6H,5H2,1-3H3,(H3,12,13,14,15,16,17,18). The molecule has 0 aliphatic rings. The van der Waals surface area contributed by atoms with Gasteiger partial charge in [-0.3, -0.25) is 10.4 Å². The molecule has 0 spiro atoms. The zero-order valence-electron chi connectivity index (χ0n) is 10.6. The summed E-state index contributed by atoms with van der Waals surface area (Å²) >= 11 is 0. The third-order valence-corrected chi connectivity index (χ3v) is 2.26. The number of rotatable bonds is 2. The molecule has 2 aromatic rings. The minimum atomic E-state index is -0.286. The Labute approximate surface area is 104 Å². The van der Waals surface area contributed by atoms with Gasteiger partial charge < -0.3 is 5.32 Å². The van der Waals surface area contributed by atoms with Gasteiger partial charge in [-0.15, -0.1) is 0 Å². The number of hydrogen-bond donors (Lipinski definition) is 3. The summed E-state index contributed by atoms with van der Waals surface area (Å²) in [7, 11) is 0. The number of nitrogens with one attached hydrogen (secondary N) is 3. The number of H-pyrrole nitrogens is 1. The number of fused-ring (bicyclic) bond motifs is 1. The normalized spacial score (nSPS) is 11.5. The van der Waals surface area contributed by atoms with Crippen LogP contribution < -0.4 is 10.6 Å². The molecule has 0 radical (unpaired) electrons. The lowest BCUT2D eigenvalue weighted by Crippen LogP contribution is -2.35. The van der Waals surface area contributed by atoms with Crippen LogP contribution in [0.2, 0.25) is 0 Å². The second-order valence-electron chi connectivity index (χ2n) is 5.22. The van der Waals surface area contributed by atoms with Crippen molar-refractivity contribution in [2.45, 2.75) is 20.8 Å². The van der Waals surface area contributed by atoms with E-state index in [-0.39, 0.29) is 11.4 Å². The van der Waals surface area contributed by atoms with Gasteiger partial charge in [0.2, 0.25) is 0 Å². The number of aromatic nitrogens is 4. The average Bonchev–Trinajstić information content (AvgIpc) is 2.74. The zero-order chi connectivity index (χ0) is 13.2. The van der Waals surface area contributed by atoms with Gasteiger partial charge in [-0.05, 0) is 5.41 Å². The van der Waals surface area contributed by atoms with Gasteiger partial charge in [0.1, 0.15) is 12.1 Å². The van der Waals surface area contributed by atoms with Crippen molar-refractivity contribution in [3.63, 3.8) is 0 Å². The molecule has 0 aromatic carbocycles. The van der Waals surface area contributed by atoms with Gasteiger partial charge in [0.15, 0.2) is 5.65 Å². The highest BCUT2D eigenvalue weighted by Gasteiger charge is 2.13. The monoisotopic (exact) mass is 248 g/mol. The van der Waals surface area contributed by atoms with Crippen LogP contribution in [-0.4, -0.2) is 32.7 Å². The molecule has 0 atom stereocenters. The molecule has 2 rings (SSSR count). The number of aromatic amines is 1. The Morgan fingerprint density at radius 1 is 1.39 bits per heavy atom. The SMILES string of the molecule is CC(C)(C)CNC(=O)Nc1ncnc2[nH]ncc12. The summed E-state index contributed by atoms with van der Waals surface area (Å²) in [4.78, 5) is 19.7. The van der Waals surface area contributed by atoms with Crippen molar-refractivity contribution in [2.24, 2.45) is 5.41 Å². The fourth-order valence-corrected chi connectivity index (χ4v) is 1.36. The number of anilines is 1. The van der Waals surface area contributed by atoms with Crippen LogP contribution in [0.25, 0.3) is 11.0 Å². The number of nitrogens with zero attached hydrogens (tertiary/aromatic N) is 3. The molecule has 0 saturated carbocycles. The Morgan fingerprint density at radius 3 is 2.89 bits per heavy atom. The predicted octanol–water partition coefficient (Wildman–Crippen LogP) is 1.52. The van der Waals surface area contributed by atoms with Gasteiger partial charge in [0, 0.05) is 6.54 Å². The minimum absolute atomic E-state index is 0.0357. The van der Waals surface area contributed by atoms with E-state index in [1.807, 2.05) is 20.8 Å². The Kier molecular flexibility index (Phi) is 3.14. The summed E-state index contributed by atoms with van der Waals surface area (Å²) in [5, 5.41) is 12.7. The lowest BCUT2D eigenvalue weighted by atomic mass is 9.97. The first kappa shape index (κ1) is 12.3. The highest BCUT2D eigenvalue weighted by atomic mass is 16.2. The average molecular weight is 248 g/mol. The van der Waals surface area contributed by atoms with Gasteiger partial charge in [-0.25, -0.2) is 14.8 Å². The quantitative estimate of drug-likeness (QED) is 0.750. The van der Waals surface area contributed by atoms with Crippen molar-refractivity contribution in [2.75, 3.05) is 11.9 Å². The molecule has 7 nitrogen and oxygen atoms in total. The molecule has 0 bridgehead atoms. The van der Waals surface area contributed by atoms with Crippen molar-refractivity contribution in [3.05, 3.63) is 12.5 Å². The molecule has 18 heavy (non-hydrogen) atoms. The lowest BCUT2D eigenvalue weighted by molar-refractivity contribution is 0.247. The van der Waals surface area contributed by atoms with Gasteiger partial charge in [-0.1, -0.05) is 20.8 Å². The summed E-state index contributed by atoms with van der Waals surface area (Å²) < 4.78 is 0. The number of amides is 2. The summed E-state index contributed by atoms with van der Waals surface area (Å²) in [6.45, 7) is 6.73. The minimum Gasteiger partial charge on any atom is -0.337 e. The van der Waals surface area contributed by atoms with E-state index in [2.05, 4.69) is 30.8 Å². The molecule has 0 unspecified atom stereocenters. The molecule has 0 saturated heterocycles. The van der Waals surface area contributed by atoms with Crippen LogP contribution in [0.15, 0.2) is 12.5 Å². The van der Waals surface area contributed by atoms with Gasteiger partial charge >= 0.3 is 6.03 Å². The third kappa shape index (κ3) is 2.93. The molecule has 0 aliphatic heterocycles. The van der Waals surface area contributed by atoms with Crippen LogP contribution in [0.3, 0.4) is 0 Å². The van der Waals surface area contributed by atoms with Crippen LogP contribution in [0.1, 0.15) is 20.8 Å². The molecular weight excluding hydrogens is 232 g/mol. The van der Waals surface area contributed by atoms with E-state index >= 15 is 0 Å². The maximum atomic E-state index is 11.7. The second kappa shape index (κ2) is 4.59. The van der Waals surface area contributed by atoms with Crippen molar-refractivity contribution in [1.82, 2.24) is 25.5 Å². The van der Waals surface area contributed by atoms with Gasteiger partial charge in [-0.2, -0.15) is 5.10 Å². The van der Waals surface area contributed by atoms with E-state index in [9.17, 15) is 4.79 Å². The topological polar surface area (TPSA) is 95.6 Å². The molecule has 3 N–H and O–H groups in total. The largest absolute Gasteiger partial charge is 0.337 e. The number of carbonyl (C=O) groups is 1. The first-order valence-electron chi connectivity index (χ1n) is 5.65. The van der Waals surface area contributed by atoms with E-state index < -0.39 is 0 Å². The van der Waals surface area contributed by atoms with Gasteiger partial charge in [0.25, 0.3) is 0 Å². The van der Waals surface area contributed by atoms with Crippen LogP contribution in [0.4, 0.5) is 10.6 Å². The summed E-state index contributed by atoms with van der Waals surface area (Å²) in [6, 6.07) is -0.286. The Balaban J connectivity index is 2.05.